The van der Waals surface area contributed by atoms with Gasteiger partial charge < -0.3 is 15.5 Å². The largest absolute Gasteiger partial charge is 0.340 e. The number of nitrogens with zero attached hydrogens (tertiary/aromatic N) is 3. The third-order valence-corrected chi connectivity index (χ3v) is 4.31. The Morgan fingerprint density at radius 1 is 1.19 bits per heavy atom. The summed E-state index contributed by atoms with van der Waals surface area (Å²) in [6, 6.07) is 9.01. The van der Waals surface area contributed by atoms with E-state index in [0.29, 0.717) is 23.9 Å². The van der Waals surface area contributed by atoms with Crippen molar-refractivity contribution >= 4 is 29.1 Å². The smallest absolute Gasteiger partial charge is 0.229 e. The van der Waals surface area contributed by atoms with Crippen LogP contribution in [0.15, 0.2) is 36.5 Å². The number of piperidine rings is 1. The number of amides is 2. The fraction of sp³-hybridized carbons (Fsp3) is 0.368. The summed E-state index contributed by atoms with van der Waals surface area (Å²) in [5.74, 6) is 0.379. The molecule has 1 atom stereocenters. The first-order chi connectivity index (χ1) is 12.5. The number of hydrogen-bond donors (Lipinski definition) is 2. The highest BCUT2D eigenvalue weighted by Gasteiger charge is 2.27. The minimum absolute atomic E-state index is 0.0256. The zero-order valence-electron chi connectivity index (χ0n) is 15.0. The van der Waals surface area contributed by atoms with E-state index in [1.807, 2.05) is 19.1 Å². The second-order valence-electron chi connectivity index (χ2n) is 6.53. The molecule has 0 bridgehead atoms. The van der Waals surface area contributed by atoms with Crippen LogP contribution < -0.4 is 15.5 Å². The number of carbonyl (C=O) groups excluding carboxylic acids is 2. The lowest BCUT2D eigenvalue weighted by Gasteiger charge is -2.32. The van der Waals surface area contributed by atoms with Crippen LogP contribution in [0.3, 0.4) is 0 Å². The first-order valence-corrected chi connectivity index (χ1v) is 8.74. The van der Waals surface area contributed by atoms with Crippen LogP contribution in [-0.4, -0.2) is 34.9 Å². The molecular formula is C19H23N5O2. The Kier molecular flexibility index (Phi) is 5.46. The zero-order chi connectivity index (χ0) is 18.5. The molecule has 0 unspecified atom stereocenters. The van der Waals surface area contributed by atoms with Crippen molar-refractivity contribution in [2.75, 3.05) is 28.6 Å². The van der Waals surface area contributed by atoms with Gasteiger partial charge in [0, 0.05) is 43.3 Å². The van der Waals surface area contributed by atoms with Gasteiger partial charge in [-0.2, -0.15) is 0 Å². The molecule has 1 saturated heterocycles. The first kappa shape index (κ1) is 17.8. The number of anilines is 3. The topological polar surface area (TPSA) is 87.2 Å². The zero-order valence-corrected chi connectivity index (χ0v) is 15.0. The highest BCUT2D eigenvalue weighted by molar-refractivity contribution is 5.94. The summed E-state index contributed by atoms with van der Waals surface area (Å²) in [5.41, 5.74) is 2.25. The summed E-state index contributed by atoms with van der Waals surface area (Å²) in [7, 11) is 0. The van der Waals surface area contributed by atoms with E-state index < -0.39 is 0 Å². The second-order valence-corrected chi connectivity index (χ2v) is 6.53. The average Bonchev–Trinajstić information content (AvgIpc) is 2.61. The Hall–Kier alpha value is -2.96. The molecule has 2 aromatic rings. The molecular weight excluding hydrogens is 330 g/mol. The van der Waals surface area contributed by atoms with Crippen LogP contribution in [0.2, 0.25) is 0 Å². The summed E-state index contributed by atoms with van der Waals surface area (Å²) in [6.45, 7) is 4.84. The molecule has 0 radical (unpaired) electrons. The number of nitrogens with one attached hydrogen (secondary N) is 2. The van der Waals surface area contributed by atoms with Gasteiger partial charge in [0.15, 0.2) is 0 Å². The SMILES string of the molecule is CC(=O)Nc1cccc(NC(=O)[C@H]2CCCN(c3nccc(C)n3)C2)c1. The lowest BCUT2D eigenvalue weighted by molar-refractivity contribution is -0.120. The molecule has 1 aliphatic heterocycles. The number of rotatable bonds is 4. The van der Waals surface area contributed by atoms with Crippen molar-refractivity contribution in [3.63, 3.8) is 0 Å². The van der Waals surface area contributed by atoms with E-state index in [9.17, 15) is 9.59 Å². The predicted octanol–water partition coefficient (Wildman–Crippen LogP) is 2.60. The number of carbonyl (C=O) groups is 2. The Balaban J connectivity index is 1.65. The molecule has 2 amide bonds. The summed E-state index contributed by atoms with van der Waals surface area (Å²) in [4.78, 5) is 34.7. The summed E-state index contributed by atoms with van der Waals surface area (Å²) in [6.07, 6.45) is 3.50. The van der Waals surface area contributed by atoms with E-state index in [4.69, 9.17) is 0 Å². The maximum absolute atomic E-state index is 12.7. The van der Waals surface area contributed by atoms with Crippen molar-refractivity contribution in [2.24, 2.45) is 5.92 Å². The molecule has 1 aromatic heterocycles. The number of aromatic nitrogens is 2. The lowest BCUT2D eigenvalue weighted by atomic mass is 9.97. The Labute approximate surface area is 152 Å². The molecule has 0 spiro atoms. The van der Waals surface area contributed by atoms with Crippen LogP contribution in [-0.2, 0) is 9.59 Å². The average molecular weight is 353 g/mol. The van der Waals surface area contributed by atoms with Crippen LogP contribution >= 0.6 is 0 Å². The highest BCUT2D eigenvalue weighted by atomic mass is 16.2. The highest BCUT2D eigenvalue weighted by Crippen LogP contribution is 2.23. The third kappa shape index (κ3) is 4.56. The minimum Gasteiger partial charge on any atom is -0.340 e. The van der Waals surface area contributed by atoms with Crippen LogP contribution in [0.1, 0.15) is 25.5 Å². The molecule has 0 saturated carbocycles. The molecule has 0 aliphatic carbocycles. The maximum Gasteiger partial charge on any atom is 0.229 e. The van der Waals surface area contributed by atoms with Crippen molar-refractivity contribution in [3.8, 4) is 0 Å². The van der Waals surface area contributed by atoms with Gasteiger partial charge in [0.25, 0.3) is 0 Å². The van der Waals surface area contributed by atoms with Crippen molar-refractivity contribution in [1.29, 1.82) is 0 Å². The van der Waals surface area contributed by atoms with E-state index in [1.165, 1.54) is 6.92 Å². The molecule has 7 nitrogen and oxygen atoms in total. The van der Waals surface area contributed by atoms with Gasteiger partial charge in [-0.1, -0.05) is 6.07 Å². The van der Waals surface area contributed by atoms with E-state index >= 15 is 0 Å². The van der Waals surface area contributed by atoms with Crippen LogP contribution in [0.4, 0.5) is 17.3 Å². The Morgan fingerprint density at radius 2 is 1.96 bits per heavy atom. The van der Waals surface area contributed by atoms with Crippen molar-refractivity contribution in [2.45, 2.75) is 26.7 Å². The van der Waals surface area contributed by atoms with Crippen molar-refractivity contribution in [3.05, 3.63) is 42.2 Å². The summed E-state index contributed by atoms with van der Waals surface area (Å²) >= 11 is 0. The minimum atomic E-state index is -0.144. The van der Waals surface area contributed by atoms with Gasteiger partial charge in [-0.25, -0.2) is 9.97 Å². The van der Waals surface area contributed by atoms with E-state index in [-0.39, 0.29) is 17.7 Å². The van der Waals surface area contributed by atoms with Gasteiger partial charge in [-0.3, -0.25) is 9.59 Å². The molecule has 26 heavy (non-hydrogen) atoms. The molecule has 7 heteroatoms. The molecule has 2 N–H and O–H groups in total. The van der Waals surface area contributed by atoms with Crippen molar-refractivity contribution in [1.82, 2.24) is 9.97 Å². The summed E-state index contributed by atoms with van der Waals surface area (Å²) < 4.78 is 0. The van der Waals surface area contributed by atoms with Crippen LogP contribution in [0.5, 0.6) is 0 Å². The van der Waals surface area contributed by atoms with Gasteiger partial charge in [-0.05, 0) is 44.0 Å². The molecule has 136 valence electrons. The van der Waals surface area contributed by atoms with E-state index in [0.717, 1.165) is 25.1 Å². The normalized spacial score (nSPS) is 16.8. The van der Waals surface area contributed by atoms with E-state index in [2.05, 4.69) is 25.5 Å². The van der Waals surface area contributed by atoms with Gasteiger partial charge in [0.2, 0.25) is 17.8 Å². The monoisotopic (exact) mass is 353 g/mol. The predicted molar refractivity (Wildman–Crippen MR) is 101 cm³/mol. The van der Waals surface area contributed by atoms with Gasteiger partial charge in [-0.15, -0.1) is 0 Å². The molecule has 3 rings (SSSR count). The molecule has 1 aliphatic rings. The van der Waals surface area contributed by atoms with Gasteiger partial charge >= 0.3 is 0 Å². The number of benzene rings is 1. The van der Waals surface area contributed by atoms with Crippen LogP contribution in [0, 0.1) is 12.8 Å². The standard InChI is InChI=1S/C19H23N5O2/c1-13-8-9-20-19(21-13)24-10-4-5-15(12-24)18(26)23-17-7-3-6-16(11-17)22-14(2)25/h3,6-9,11,15H,4-5,10,12H2,1-2H3,(H,22,25)(H,23,26)/t15-/m0/s1. The van der Waals surface area contributed by atoms with E-state index in [1.54, 1.807) is 24.4 Å². The lowest BCUT2D eigenvalue weighted by Crippen LogP contribution is -2.41. The van der Waals surface area contributed by atoms with Gasteiger partial charge in [0.1, 0.15) is 0 Å². The fourth-order valence-electron chi connectivity index (χ4n) is 3.08. The quantitative estimate of drug-likeness (QED) is 0.882. The third-order valence-electron chi connectivity index (χ3n) is 4.31. The summed E-state index contributed by atoms with van der Waals surface area (Å²) in [5, 5.41) is 5.67. The molecule has 1 aromatic carbocycles. The Bertz CT molecular complexity index is 808. The van der Waals surface area contributed by atoms with Crippen LogP contribution in [0.25, 0.3) is 0 Å². The van der Waals surface area contributed by atoms with Crippen molar-refractivity contribution < 1.29 is 9.59 Å². The first-order valence-electron chi connectivity index (χ1n) is 8.74. The van der Waals surface area contributed by atoms with Gasteiger partial charge in [0.05, 0.1) is 5.92 Å². The fourth-order valence-corrected chi connectivity index (χ4v) is 3.08. The molecule has 1 fully saturated rings. The number of hydrogen-bond acceptors (Lipinski definition) is 5. The Morgan fingerprint density at radius 3 is 2.69 bits per heavy atom. The molecule has 2 heterocycles. The second kappa shape index (κ2) is 7.95. The maximum atomic E-state index is 12.7. The number of aryl methyl sites for hydroxylation is 1.